The van der Waals surface area contributed by atoms with Crippen molar-refractivity contribution < 1.29 is 17.9 Å². The van der Waals surface area contributed by atoms with Crippen LogP contribution in [0.15, 0.2) is 29.3 Å². The van der Waals surface area contributed by atoms with Crippen LogP contribution in [0.25, 0.3) is 0 Å². The summed E-state index contributed by atoms with van der Waals surface area (Å²) in [5.74, 6) is 1.32. The normalized spacial score (nSPS) is 21.7. The monoisotopic (exact) mass is 497 g/mol. The van der Waals surface area contributed by atoms with Crippen molar-refractivity contribution in [2.45, 2.75) is 30.9 Å². The van der Waals surface area contributed by atoms with E-state index in [2.05, 4.69) is 15.2 Å². The van der Waals surface area contributed by atoms with Gasteiger partial charge in [-0.3, -0.25) is 4.99 Å². The van der Waals surface area contributed by atoms with E-state index in [0.29, 0.717) is 12.5 Å². The number of ether oxygens (including phenoxy) is 1. The number of rotatable bonds is 5. The van der Waals surface area contributed by atoms with Gasteiger partial charge in [0.15, 0.2) is 5.96 Å². The number of nitrogens with one attached hydrogen (secondary N) is 1. The molecule has 0 bridgehead atoms. The first-order valence-corrected chi connectivity index (χ1v) is 9.00. The summed E-state index contributed by atoms with van der Waals surface area (Å²) in [6, 6.07) is 5.73. The number of benzene rings is 1. The predicted octanol–water partition coefficient (Wildman–Crippen LogP) is 3.90. The van der Waals surface area contributed by atoms with Gasteiger partial charge in [-0.15, -0.1) is 24.0 Å². The summed E-state index contributed by atoms with van der Waals surface area (Å²) in [7, 11) is 3.46. The van der Waals surface area contributed by atoms with Crippen LogP contribution in [0.1, 0.15) is 30.4 Å². The second kappa shape index (κ2) is 8.98. The fraction of sp³-hybridized carbons (Fsp3) is 0.632. The van der Waals surface area contributed by atoms with Crippen molar-refractivity contribution in [3.63, 3.8) is 0 Å². The number of methoxy groups -OCH3 is 1. The molecule has 1 aliphatic heterocycles. The third-order valence-electron chi connectivity index (χ3n) is 5.44. The lowest BCUT2D eigenvalue weighted by Crippen LogP contribution is -2.43. The van der Waals surface area contributed by atoms with E-state index in [0.717, 1.165) is 56.5 Å². The summed E-state index contributed by atoms with van der Waals surface area (Å²) in [5.41, 5.74) is -0.0374. The Morgan fingerprint density at radius 3 is 2.70 bits per heavy atom. The van der Waals surface area contributed by atoms with Gasteiger partial charge in [-0.1, -0.05) is 18.2 Å². The van der Waals surface area contributed by atoms with Crippen LogP contribution >= 0.6 is 24.0 Å². The Labute approximate surface area is 175 Å². The highest BCUT2D eigenvalue weighted by Crippen LogP contribution is 2.48. The maximum absolute atomic E-state index is 13.0. The fourth-order valence-corrected chi connectivity index (χ4v) is 3.72. The van der Waals surface area contributed by atoms with E-state index in [1.807, 2.05) is 0 Å². The molecule has 152 valence electrons. The molecular weight excluding hydrogens is 470 g/mol. The van der Waals surface area contributed by atoms with Gasteiger partial charge in [-0.05, 0) is 30.9 Å². The Kier molecular flexibility index (Phi) is 7.40. The average molecular weight is 497 g/mol. The van der Waals surface area contributed by atoms with Crippen LogP contribution in [-0.4, -0.2) is 51.3 Å². The molecule has 4 nitrogen and oxygen atoms in total. The van der Waals surface area contributed by atoms with E-state index in [-0.39, 0.29) is 29.4 Å². The third kappa shape index (κ3) is 5.28. The molecule has 27 heavy (non-hydrogen) atoms. The Bertz CT molecular complexity index is 662. The maximum Gasteiger partial charge on any atom is 0.416 e. The Morgan fingerprint density at radius 1 is 1.37 bits per heavy atom. The molecule has 0 amide bonds. The molecule has 1 heterocycles. The number of halogens is 4. The van der Waals surface area contributed by atoms with Crippen molar-refractivity contribution in [3.05, 3.63) is 35.4 Å². The van der Waals surface area contributed by atoms with Gasteiger partial charge in [0.1, 0.15) is 0 Å². The highest BCUT2D eigenvalue weighted by molar-refractivity contribution is 14.0. The number of aliphatic imine (C=N–C) groups is 1. The summed E-state index contributed by atoms with van der Waals surface area (Å²) in [6.45, 7) is 3.16. The molecule has 1 atom stereocenters. The fourth-order valence-electron chi connectivity index (χ4n) is 3.72. The Morgan fingerprint density at radius 2 is 2.11 bits per heavy atom. The molecule has 0 spiro atoms. The van der Waals surface area contributed by atoms with Crippen molar-refractivity contribution in [2.75, 3.05) is 40.4 Å². The SMILES string of the molecule is CN=C(NCC1(c2cccc(C(F)(F)F)c2)CC1)N1CCC(COC)C1.I. The average Bonchev–Trinajstić information content (AvgIpc) is 3.27. The molecule has 0 radical (unpaired) electrons. The summed E-state index contributed by atoms with van der Waals surface area (Å²) in [5, 5.41) is 3.39. The predicted molar refractivity (Wildman–Crippen MR) is 111 cm³/mol. The number of hydrogen-bond acceptors (Lipinski definition) is 2. The standard InChI is InChI=1S/C19H26F3N3O.HI/c1-23-17(25-9-6-14(11-25)12-26-2)24-13-18(7-8-18)15-4-3-5-16(10-15)19(20,21)22;/h3-5,10,14H,6-9,11-13H2,1-2H3,(H,23,24);1H. The lowest BCUT2D eigenvalue weighted by molar-refractivity contribution is -0.137. The van der Waals surface area contributed by atoms with Crippen molar-refractivity contribution in [1.29, 1.82) is 0 Å². The molecule has 1 aliphatic carbocycles. The van der Waals surface area contributed by atoms with E-state index < -0.39 is 11.7 Å². The smallest absolute Gasteiger partial charge is 0.384 e. The highest BCUT2D eigenvalue weighted by Gasteiger charge is 2.45. The molecule has 1 saturated heterocycles. The quantitative estimate of drug-likeness (QED) is 0.381. The van der Waals surface area contributed by atoms with Gasteiger partial charge in [-0.25, -0.2) is 0 Å². The lowest BCUT2D eigenvalue weighted by Gasteiger charge is -2.25. The largest absolute Gasteiger partial charge is 0.416 e. The molecule has 1 aromatic carbocycles. The van der Waals surface area contributed by atoms with Crippen LogP contribution in [0.5, 0.6) is 0 Å². The Hall–Kier alpha value is -1.03. The second-order valence-electron chi connectivity index (χ2n) is 7.32. The van der Waals surface area contributed by atoms with E-state index in [1.54, 1.807) is 20.2 Å². The zero-order valence-electron chi connectivity index (χ0n) is 15.7. The summed E-state index contributed by atoms with van der Waals surface area (Å²) in [4.78, 5) is 6.56. The molecule has 1 aromatic rings. The molecule has 0 aromatic heterocycles. The minimum Gasteiger partial charge on any atom is -0.384 e. The summed E-state index contributed by atoms with van der Waals surface area (Å²) >= 11 is 0. The van der Waals surface area contributed by atoms with E-state index in [9.17, 15) is 13.2 Å². The van der Waals surface area contributed by atoms with Gasteiger partial charge < -0.3 is 15.0 Å². The minimum absolute atomic E-state index is 0. The molecule has 2 aliphatic rings. The first-order valence-electron chi connectivity index (χ1n) is 9.00. The zero-order valence-corrected chi connectivity index (χ0v) is 18.0. The maximum atomic E-state index is 13.0. The number of likely N-dealkylation sites (tertiary alicyclic amines) is 1. The lowest BCUT2D eigenvalue weighted by atomic mass is 9.94. The number of nitrogens with zero attached hydrogens (tertiary/aromatic N) is 2. The van der Waals surface area contributed by atoms with E-state index >= 15 is 0 Å². The summed E-state index contributed by atoms with van der Waals surface area (Å²) < 4.78 is 44.2. The van der Waals surface area contributed by atoms with Crippen LogP contribution in [-0.2, 0) is 16.3 Å². The topological polar surface area (TPSA) is 36.9 Å². The summed E-state index contributed by atoms with van der Waals surface area (Å²) in [6.07, 6.45) is -1.45. The highest BCUT2D eigenvalue weighted by atomic mass is 127. The zero-order chi connectivity index (χ0) is 18.8. The van der Waals surface area contributed by atoms with Crippen LogP contribution in [0, 0.1) is 5.92 Å². The van der Waals surface area contributed by atoms with Gasteiger partial charge in [-0.2, -0.15) is 13.2 Å². The van der Waals surface area contributed by atoms with Crippen molar-refractivity contribution in [3.8, 4) is 0 Å². The van der Waals surface area contributed by atoms with Crippen LogP contribution in [0.3, 0.4) is 0 Å². The van der Waals surface area contributed by atoms with E-state index in [1.165, 1.54) is 12.1 Å². The molecule has 1 N–H and O–H groups in total. The van der Waals surface area contributed by atoms with E-state index in [4.69, 9.17) is 4.74 Å². The molecule has 1 unspecified atom stereocenters. The Balaban J connectivity index is 0.00000261. The van der Waals surface area contributed by atoms with Crippen LogP contribution in [0.4, 0.5) is 13.2 Å². The second-order valence-corrected chi connectivity index (χ2v) is 7.32. The number of alkyl halides is 3. The van der Waals surface area contributed by atoms with Gasteiger partial charge >= 0.3 is 6.18 Å². The molecule has 3 rings (SSSR count). The molecule has 8 heteroatoms. The number of hydrogen-bond donors (Lipinski definition) is 1. The minimum atomic E-state index is -4.30. The third-order valence-corrected chi connectivity index (χ3v) is 5.44. The van der Waals surface area contributed by atoms with Crippen LogP contribution < -0.4 is 5.32 Å². The van der Waals surface area contributed by atoms with Gasteiger partial charge in [0.05, 0.1) is 12.2 Å². The van der Waals surface area contributed by atoms with Crippen molar-refractivity contribution >= 4 is 29.9 Å². The molecule has 2 fully saturated rings. The van der Waals surface area contributed by atoms with Crippen LogP contribution in [0.2, 0.25) is 0 Å². The van der Waals surface area contributed by atoms with Gasteiger partial charge in [0.2, 0.25) is 0 Å². The van der Waals surface area contributed by atoms with Crippen molar-refractivity contribution in [2.24, 2.45) is 10.9 Å². The first-order chi connectivity index (χ1) is 12.4. The number of guanidine groups is 1. The van der Waals surface area contributed by atoms with Crippen molar-refractivity contribution in [1.82, 2.24) is 10.2 Å². The molecular formula is C19H27F3IN3O. The molecule has 1 saturated carbocycles. The van der Waals surface area contributed by atoms with Gasteiger partial charge in [0.25, 0.3) is 0 Å². The first kappa shape index (κ1) is 22.3. The van der Waals surface area contributed by atoms with Gasteiger partial charge in [0, 0.05) is 45.1 Å².